The van der Waals surface area contributed by atoms with Gasteiger partial charge < -0.3 is 29.9 Å². The Morgan fingerprint density at radius 2 is 1.71 bits per heavy atom. The van der Waals surface area contributed by atoms with Crippen LogP contribution in [0.2, 0.25) is 0 Å². The summed E-state index contributed by atoms with van der Waals surface area (Å²) in [6, 6.07) is -2.81. The molecule has 2 N–H and O–H groups in total. The van der Waals surface area contributed by atoms with E-state index in [1.807, 2.05) is 20.8 Å². The first-order chi connectivity index (χ1) is 17.4. The molecule has 2 aliphatic heterocycles. The molecule has 0 bridgehead atoms. The Balaban J connectivity index is 1.83. The van der Waals surface area contributed by atoms with Crippen LogP contribution in [0, 0.1) is 22.7 Å². The van der Waals surface area contributed by atoms with E-state index in [2.05, 4.69) is 24.5 Å². The fourth-order valence-corrected chi connectivity index (χ4v) is 5.75. The summed E-state index contributed by atoms with van der Waals surface area (Å²) >= 11 is 0. The van der Waals surface area contributed by atoms with Crippen molar-refractivity contribution in [3.8, 4) is 0 Å². The van der Waals surface area contributed by atoms with E-state index in [9.17, 15) is 24.0 Å². The number of fused-ring (bicyclic) bond motifs is 1. The third-order valence-electron chi connectivity index (χ3n) is 7.91. The minimum atomic E-state index is -1.05. The Hall–Kier alpha value is -2.85. The molecule has 11 nitrogen and oxygen atoms in total. The van der Waals surface area contributed by atoms with Crippen molar-refractivity contribution < 1.29 is 33.4 Å². The van der Waals surface area contributed by atoms with Crippen LogP contribution < -0.4 is 10.6 Å². The van der Waals surface area contributed by atoms with Crippen LogP contribution in [0.5, 0.6) is 0 Å². The summed E-state index contributed by atoms with van der Waals surface area (Å²) in [6.45, 7) is 15.7. The Bertz CT molecular complexity index is 981. The summed E-state index contributed by atoms with van der Waals surface area (Å²) in [6.07, 6.45) is 0.392. The van der Waals surface area contributed by atoms with E-state index < -0.39 is 47.1 Å². The van der Waals surface area contributed by atoms with Gasteiger partial charge in [-0.05, 0) is 49.9 Å². The highest BCUT2D eigenvalue weighted by Gasteiger charge is 2.70. The van der Waals surface area contributed by atoms with E-state index in [1.54, 1.807) is 25.7 Å². The molecule has 2 heterocycles. The summed E-state index contributed by atoms with van der Waals surface area (Å²) in [5.74, 6) is -1.56. The van der Waals surface area contributed by atoms with Crippen LogP contribution in [0.3, 0.4) is 0 Å². The Labute approximate surface area is 225 Å². The van der Waals surface area contributed by atoms with Crippen molar-refractivity contribution >= 4 is 29.8 Å². The zero-order valence-electron chi connectivity index (χ0n) is 24.2. The average Bonchev–Trinajstić information content (AvgIpc) is 3.14. The lowest BCUT2D eigenvalue weighted by Gasteiger charge is -2.38. The SMILES string of the molecule is COC(=O)C(CN1CCCC1=O)NC(=O)[C@@H]1[C@@H]2[C@H](CN1C(=O)C(NC(=O)OC(C)(C)C)C(C)(C)C)C2(C)C. The number of alkyl carbamates (subject to hydrolysis) is 1. The molecule has 2 saturated heterocycles. The zero-order valence-corrected chi connectivity index (χ0v) is 24.2. The van der Waals surface area contributed by atoms with Gasteiger partial charge in [0, 0.05) is 19.5 Å². The molecular weight excluding hydrogens is 492 g/mol. The van der Waals surface area contributed by atoms with E-state index >= 15 is 0 Å². The van der Waals surface area contributed by atoms with Gasteiger partial charge in [0.1, 0.15) is 23.7 Å². The number of nitrogens with one attached hydrogen (secondary N) is 2. The molecule has 3 aliphatic rings. The number of carbonyl (C=O) groups is 5. The van der Waals surface area contributed by atoms with Gasteiger partial charge in [0.05, 0.1) is 13.7 Å². The molecule has 214 valence electrons. The minimum Gasteiger partial charge on any atom is -0.467 e. The molecule has 0 aromatic rings. The Kier molecular flexibility index (Phi) is 8.11. The van der Waals surface area contributed by atoms with Gasteiger partial charge >= 0.3 is 12.1 Å². The molecule has 0 aromatic heterocycles. The first kappa shape index (κ1) is 29.7. The van der Waals surface area contributed by atoms with Crippen molar-refractivity contribution in [2.75, 3.05) is 26.7 Å². The molecule has 3 fully saturated rings. The number of carbonyl (C=O) groups excluding carboxylic acids is 5. The third-order valence-corrected chi connectivity index (χ3v) is 7.91. The Morgan fingerprint density at radius 1 is 1.08 bits per heavy atom. The maximum atomic E-state index is 13.9. The van der Waals surface area contributed by atoms with Crippen molar-refractivity contribution in [2.24, 2.45) is 22.7 Å². The van der Waals surface area contributed by atoms with Gasteiger partial charge in [-0.2, -0.15) is 0 Å². The molecule has 4 amide bonds. The molecule has 1 saturated carbocycles. The highest BCUT2D eigenvalue weighted by molar-refractivity contribution is 5.95. The van der Waals surface area contributed by atoms with Gasteiger partial charge in [-0.15, -0.1) is 0 Å². The summed E-state index contributed by atoms with van der Waals surface area (Å²) in [4.78, 5) is 68.0. The normalized spacial score (nSPS) is 25.8. The second-order valence-electron chi connectivity index (χ2n) is 13.4. The molecular formula is C27H44N4O7. The largest absolute Gasteiger partial charge is 0.467 e. The highest BCUT2D eigenvalue weighted by atomic mass is 16.6. The Morgan fingerprint density at radius 3 is 2.21 bits per heavy atom. The van der Waals surface area contributed by atoms with Gasteiger partial charge in [-0.25, -0.2) is 9.59 Å². The molecule has 2 unspecified atom stereocenters. The quantitative estimate of drug-likeness (QED) is 0.473. The van der Waals surface area contributed by atoms with Crippen LogP contribution >= 0.6 is 0 Å². The number of hydrogen-bond acceptors (Lipinski definition) is 7. The van der Waals surface area contributed by atoms with E-state index in [1.165, 1.54) is 12.0 Å². The highest BCUT2D eigenvalue weighted by Crippen LogP contribution is 2.65. The van der Waals surface area contributed by atoms with E-state index in [4.69, 9.17) is 9.47 Å². The van der Waals surface area contributed by atoms with Gasteiger partial charge in [0.25, 0.3) is 0 Å². The molecule has 5 atom stereocenters. The van der Waals surface area contributed by atoms with E-state index in [0.29, 0.717) is 25.9 Å². The predicted molar refractivity (Wildman–Crippen MR) is 139 cm³/mol. The van der Waals surface area contributed by atoms with Crippen LogP contribution in [-0.4, -0.2) is 90.1 Å². The number of methoxy groups -OCH3 is 1. The molecule has 3 rings (SSSR count). The van der Waals surface area contributed by atoms with E-state index in [-0.39, 0.29) is 35.6 Å². The smallest absolute Gasteiger partial charge is 0.408 e. The third kappa shape index (κ3) is 6.23. The van der Waals surface area contributed by atoms with Gasteiger partial charge in [-0.1, -0.05) is 34.6 Å². The first-order valence-electron chi connectivity index (χ1n) is 13.3. The number of amides is 4. The standard InChI is InChI=1S/C27H44N4O7/c1-25(2,3)20(29-24(36)38-26(4,5)6)22(34)31-13-15-18(27(15,7)8)19(31)21(33)28-16(23(35)37-9)14-30-12-10-11-17(30)32/h15-16,18-20H,10-14H2,1-9H3,(H,28,33)(H,29,36)/t15-,16?,18-,19-,20?/m0/s1. The maximum absolute atomic E-state index is 13.9. The molecule has 0 aromatic carbocycles. The number of piperidine rings is 1. The average molecular weight is 537 g/mol. The van der Waals surface area contributed by atoms with Crippen molar-refractivity contribution in [2.45, 2.75) is 92.0 Å². The second kappa shape index (κ2) is 10.4. The van der Waals surface area contributed by atoms with Crippen molar-refractivity contribution in [1.29, 1.82) is 0 Å². The molecule has 0 spiro atoms. The molecule has 11 heteroatoms. The number of hydrogen-bond donors (Lipinski definition) is 2. The molecule has 38 heavy (non-hydrogen) atoms. The maximum Gasteiger partial charge on any atom is 0.408 e. The zero-order chi connectivity index (χ0) is 28.8. The fourth-order valence-electron chi connectivity index (χ4n) is 5.75. The van der Waals surface area contributed by atoms with Gasteiger partial charge in [-0.3, -0.25) is 14.4 Å². The lowest BCUT2D eigenvalue weighted by atomic mass is 9.85. The summed E-state index contributed by atoms with van der Waals surface area (Å²) in [5, 5.41) is 5.49. The number of likely N-dealkylation sites (tertiary alicyclic amines) is 2. The summed E-state index contributed by atoms with van der Waals surface area (Å²) < 4.78 is 10.3. The first-order valence-corrected chi connectivity index (χ1v) is 13.3. The number of nitrogens with zero attached hydrogens (tertiary/aromatic N) is 2. The monoisotopic (exact) mass is 536 g/mol. The number of esters is 1. The van der Waals surface area contributed by atoms with Crippen LogP contribution in [-0.2, 0) is 28.7 Å². The van der Waals surface area contributed by atoms with Crippen LogP contribution in [0.25, 0.3) is 0 Å². The van der Waals surface area contributed by atoms with Crippen molar-refractivity contribution in [3.05, 3.63) is 0 Å². The lowest BCUT2D eigenvalue weighted by Crippen LogP contribution is -2.61. The second-order valence-corrected chi connectivity index (χ2v) is 13.4. The van der Waals surface area contributed by atoms with Crippen LogP contribution in [0.1, 0.15) is 68.2 Å². The number of rotatable bonds is 7. The fraction of sp³-hybridized carbons (Fsp3) is 0.815. The molecule has 0 radical (unpaired) electrons. The van der Waals surface area contributed by atoms with Crippen molar-refractivity contribution in [3.63, 3.8) is 0 Å². The summed E-state index contributed by atoms with van der Waals surface area (Å²) in [7, 11) is 1.23. The predicted octanol–water partition coefficient (Wildman–Crippen LogP) is 1.69. The minimum absolute atomic E-state index is 0.0141. The molecule has 1 aliphatic carbocycles. The lowest BCUT2D eigenvalue weighted by molar-refractivity contribution is -0.148. The van der Waals surface area contributed by atoms with E-state index in [0.717, 1.165) is 0 Å². The topological polar surface area (TPSA) is 134 Å². The summed E-state index contributed by atoms with van der Waals surface area (Å²) in [5.41, 5.74) is -1.56. The van der Waals surface area contributed by atoms with Crippen LogP contribution in [0.4, 0.5) is 4.79 Å². The van der Waals surface area contributed by atoms with Gasteiger partial charge in [0.2, 0.25) is 17.7 Å². The number of ether oxygens (including phenoxy) is 2. The van der Waals surface area contributed by atoms with Crippen molar-refractivity contribution in [1.82, 2.24) is 20.4 Å². The van der Waals surface area contributed by atoms with Crippen LogP contribution in [0.15, 0.2) is 0 Å². The van der Waals surface area contributed by atoms with Gasteiger partial charge in [0.15, 0.2) is 0 Å².